The highest BCUT2D eigenvalue weighted by Gasteiger charge is 2.16. The molecule has 1 amide bonds. The summed E-state index contributed by atoms with van der Waals surface area (Å²) in [6, 6.07) is 9.03. The molecule has 0 aliphatic carbocycles. The summed E-state index contributed by atoms with van der Waals surface area (Å²) in [7, 11) is 0. The Kier molecular flexibility index (Phi) is 4.81. The summed E-state index contributed by atoms with van der Waals surface area (Å²) in [6.45, 7) is 3.21. The summed E-state index contributed by atoms with van der Waals surface area (Å²) in [5, 5.41) is 11.7. The summed E-state index contributed by atoms with van der Waals surface area (Å²) in [6.07, 6.45) is 0. The van der Waals surface area contributed by atoms with E-state index in [4.69, 9.17) is 0 Å². The highest BCUT2D eigenvalue weighted by atomic mass is 127. The first-order chi connectivity index (χ1) is 9.11. The van der Waals surface area contributed by atoms with Crippen molar-refractivity contribution >= 4 is 39.8 Å². The van der Waals surface area contributed by atoms with E-state index in [1.807, 2.05) is 47.0 Å². The lowest BCUT2D eigenvalue weighted by Crippen LogP contribution is -2.29. The molecule has 1 aromatic carbocycles. The van der Waals surface area contributed by atoms with Crippen LogP contribution in [0.1, 0.15) is 22.2 Å². The molecule has 0 saturated carbocycles. The zero-order valence-corrected chi connectivity index (χ0v) is 13.4. The van der Waals surface area contributed by atoms with E-state index >= 15 is 0 Å². The van der Waals surface area contributed by atoms with Gasteiger partial charge in [0.25, 0.3) is 5.91 Å². The maximum Gasteiger partial charge on any atom is 0.254 e. The molecule has 0 spiro atoms. The molecule has 0 unspecified atom stereocenters. The van der Waals surface area contributed by atoms with E-state index in [2.05, 4.69) is 0 Å². The van der Waals surface area contributed by atoms with Crippen LogP contribution in [0.4, 0.5) is 0 Å². The van der Waals surface area contributed by atoms with Gasteiger partial charge in [-0.25, -0.2) is 0 Å². The minimum Gasteiger partial charge on any atom is -0.507 e. The molecule has 19 heavy (non-hydrogen) atoms. The van der Waals surface area contributed by atoms with Gasteiger partial charge in [-0.1, -0.05) is 6.07 Å². The summed E-state index contributed by atoms with van der Waals surface area (Å²) in [5.74, 6) is 0.0984. The van der Waals surface area contributed by atoms with Crippen molar-refractivity contribution in [2.45, 2.75) is 13.5 Å². The third-order valence-electron chi connectivity index (χ3n) is 2.79. The quantitative estimate of drug-likeness (QED) is 0.813. The van der Waals surface area contributed by atoms with Gasteiger partial charge in [0.1, 0.15) is 5.75 Å². The van der Waals surface area contributed by atoms with Gasteiger partial charge in [-0.05, 0) is 59.2 Å². The van der Waals surface area contributed by atoms with E-state index in [1.54, 1.807) is 28.4 Å². The highest BCUT2D eigenvalue weighted by Crippen LogP contribution is 2.22. The van der Waals surface area contributed by atoms with E-state index in [0.29, 0.717) is 18.7 Å². The van der Waals surface area contributed by atoms with Gasteiger partial charge in [-0.15, -0.1) is 11.3 Å². The minimum absolute atomic E-state index is 0.0531. The van der Waals surface area contributed by atoms with Crippen molar-refractivity contribution in [1.82, 2.24) is 4.90 Å². The minimum atomic E-state index is -0.0531. The van der Waals surface area contributed by atoms with Gasteiger partial charge in [0, 0.05) is 17.0 Å². The lowest BCUT2D eigenvalue weighted by Gasteiger charge is -2.20. The molecule has 1 N–H and O–H groups in total. The monoisotopic (exact) mass is 387 g/mol. The molecular weight excluding hydrogens is 373 g/mol. The van der Waals surface area contributed by atoms with Crippen molar-refractivity contribution < 1.29 is 9.90 Å². The van der Waals surface area contributed by atoms with Crippen LogP contribution in [0.25, 0.3) is 0 Å². The molecule has 0 saturated heterocycles. The summed E-state index contributed by atoms with van der Waals surface area (Å²) in [4.78, 5) is 15.3. The number of halogens is 1. The number of amides is 1. The molecule has 2 aromatic rings. The molecule has 0 fully saturated rings. The van der Waals surface area contributed by atoms with Crippen molar-refractivity contribution in [1.29, 1.82) is 0 Å². The molecule has 0 aliphatic heterocycles. The van der Waals surface area contributed by atoms with Crippen LogP contribution in [-0.2, 0) is 6.54 Å². The first-order valence-electron chi connectivity index (χ1n) is 5.92. The molecule has 2 rings (SSSR count). The van der Waals surface area contributed by atoms with E-state index in [9.17, 15) is 9.90 Å². The second-order valence-corrected chi connectivity index (χ2v) is 6.26. The predicted octanol–water partition coefficient (Wildman–Crippen LogP) is 3.72. The average molecular weight is 387 g/mol. The number of hydrogen-bond donors (Lipinski definition) is 1. The van der Waals surface area contributed by atoms with Crippen molar-refractivity contribution in [3.05, 3.63) is 49.7 Å². The summed E-state index contributed by atoms with van der Waals surface area (Å²) >= 11 is 3.68. The fourth-order valence-corrected chi connectivity index (χ4v) is 2.80. The third kappa shape index (κ3) is 3.48. The Morgan fingerprint density at radius 1 is 1.42 bits per heavy atom. The van der Waals surface area contributed by atoms with Crippen LogP contribution in [0.5, 0.6) is 5.75 Å². The maximum absolute atomic E-state index is 12.4. The van der Waals surface area contributed by atoms with Crippen molar-refractivity contribution in [3.8, 4) is 5.75 Å². The van der Waals surface area contributed by atoms with Gasteiger partial charge in [0.2, 0.25) is 0 Å². The number of rotatable bonds is 4. The third-order valence-corrected chi connectivity index (χ3v) is 4.56. The Labute approximate surface area is 130 Å². The number of thiophene rings is 1. The Morgan fingerprint density at radius 3 is 2.79 bits per heavy atom. The number of phenols is 1. The Bertz CT molecular complexity index is 569. The Balaban J connectivity index is 2.18. The highest BCUT2D eigenvalue weighted by molar-refractivity contribution is 14.1. The average Bonchev–Trinajstić information content (AvgIpc) is 2.91. The molecule has 0 atom stereocenters. The second-order valence-electron chi connectivity index (χ2n) is 4.06. The molecule has 5 heteroatoms. The number of hydrogen-bond acceptors (Lipinski definition) is 3. The lowest BCUT2D eigenvalue weighted by atomic mass is 10.2. The zero-order chi connectivity index (χ0) is 13.8. The molecule has 3 nitrogen and oxygen atoms in total. The van der Waals surface area contributed by atoms with Crippen LogP contribution in [0.2, 0.25) is 0 Å². The first kappa shape index (κ1) is 14.3. The van der Waals surface area contributed by atoms with Crippen LogP contribution < -0.4 is 0 Å². The number of carbonyl (C=O) groups excluding carboxylic acids is 1. The van der Waals surface area contributed by atoms with Gasteiger partial charge < -0.3 is 10.0 Å². The normalized spacial score (nSPS) is 10.4. The van der Waals surface area contributed by atoms with Crippen LogP contribution in [-0.4, -0.2) is 22.5 Å². The van der Waals surface area contributed by atoms with Gasteiger partial charge in [0.15, 0.2) is 0 Å². The van der Waals surface area contributed by atoms with Crippen molar-refractivity contribution in [2.24, 2.45) is 0 Å². The number of aromatic hydroxyl groups is 1. The SMILES string of the molecule is CCN(Cc1cccs1)C(=O)c1ccc(I)c(O)c1. The smallest absolute Gasteiger partial charge is 0.254 e. The van der Waals surface area contributed by atoms with Crippen molar-refractivity contribution in [2.75, 3.05) is 6.54 Å². The van der Waals surface area contributed by atoms with E-state index in [-0.39, 0.29) is 11.7 Å². The van der Waals surface area contributed by atoms with Gasteiger partial charge >= 0.3 is 0 Å². The van der Waals surface area contributed by atoms with E-state index in [1.165, 1.54) is 6.07 Å². The number of phenolic OH excluding ortho intramolecular Hbond substituents is 1. The molecule has 1 heterocycles. The van der Waals surface area contributed by atoms with E-state index < -0.39 is 0 Å². The van der Waals surface area contributed by atoms with Crippen LogP contribution in [0.3, 0.4) is 0 Å². The molecule has 100 valence electrons. The number of nitrogens with zero attached hydrogens (tertiary/aromatic N) is 1. The summed E-state index contributed by atoms with van der Waals surface area (Å²) < 4.78 is 0.746. The van der Waals surface area contributed by atoms with Crippen LogP contribution >= 0.6 is 33.9 Å². The number of benzene rings is 1. The van der Waals surface area contributed by atoms with Gasteiger partial charge in [-0.2, -0.15) is 0 Å². The molecule has 0 radical (unpaired) electrons. The molecule has 0 aliphatic rings. The molecule has 0 bridgehead atoms. The zero-order valence-electron chi connectivity index (χ0n) is 10.5. The predicted molar refractivity (Wildman–Crippen MR) is 85.6 cm³/mol. The topological polar surface area (TPSA) is 40.5 Å². The summed E-state index contributed by atoms with van der Waals surface area (Å²) in [5.41, 5.74) is 0.524. The Morgan fingerprint density at radius 2 is 2.21 bits per heavy atom. The number of carbonyl (C=O) groups is 1. The molecular formula is C14H14INO2S. The Hall–Kier alpha value is -1.08. The van der Waals surface area contributed by atoms with Crippen LogP contribution in [0, 0.1) is 3.57 Å². The van der Waals surface area contributed by atoms with Gasteiger partial charge in [-0.3, -0.25) is 4.79 Å². The van der Waals surface area contributed by atoms with Crippen LogP contribution in [0.15, 0.2) is 35.7 Å². The standard InChI is InChI=1S/C14H14INO2S/c1-2-16(9-11-4-3-7-19-11)14(18)10-5-6-12(15)13(17)8-10/h3-8,17H,2,9H2,1H3. The maximum atomic E-state index is 12.4. The molecule has 1 aromatic heterocycles. The van der Waals surface area contributed by atoms with Crippen molar-refractivity contribution in [3.63, 3.8) is 0 Å². The second kappa shape index (κ2) is 6.38. The fourth-order valence-electron chi connectivity index (χ4n) is 1.75. The fraction of sp³-hybridized carbons (Fsp3) is 0.214. The van der Waals surface area contributed by atoms with E-state index in [0.717, 1.165) is 8.45 Å². The van der Waals surface area contributed by atoms with Gasteiger partial charge in [0.05, 0.1) is 10.1 Å². The lowest BCUT2D eigenvalue weighted by molar-refractivity contribution is 0.0753. The first-order valence-corrected chi connectivity index (χ1v) is 7.88. The largest absolute Gasteiger partial charge is 0.507 e.